The molecule has 3 amide bonds. The Morgan fingerprint density at radius 2 is 1.54 bits per heavy atom. The van der Waals surface area contributed by atoms with Gasteiger partial charge < -0.3 is 36.9 Å². The highest BCUT2D eigenvalue weighted by Gasteiger charge is 2.33. The first-order valence-corrected chi connectivity index (χ1v) is 13.0. The molecule has 0 radical (unpaired) electrons. The topological polar surface area (TPSA) is 187 Å². The quantitative estimate of drug-likeness (QED) is 0.138. The highest BCUT2D eigenvalue weighted by molar-refractivity contribution is 7.80. The number of aliphatic hydroxyl groups excluding tert-OH is 1. The van der Waals surface area contributed by atoms with Gasteiger partial charge in [-0.05, 0) is 24.1 Å². The maximum Gasteiger partial charge on any atom is 0.326 e. The van der Waals surface area contributed by atoms with E-state index in [0.29, 0.717) is 5.56 Å². The Hall–Kier alpha value is -3.87. The van der Waals surface area contributed by atoms with Gasteiger partial charge in [0.05, 0.1) is 12.1 Å². The van der Waals surface area contributed by atoms with Crippen LogP contribution in [0.3, 0.4) is 0 Å². The minimum atomic E-state index is -1.49. The van der Waals surface area contributed by atoms with E-state index in [1.54, 1.807) is 36.5 Å². The van der Waals surface area contributed by atoms with Crippen LogP contribution < -0.4 is 21.7 Å². The highest BCUT2D eigenvalue weighted by Crippen LogP contribution is 2.19. The number of fused-ring (bicyclic) bond motifs is 1. The fraction of sp³-hybridized carbons (Fsp3) is 0.333. The number of carboxylic acids is 1. The Kier molecular flexibility index (Phi) is 10.5. The maximum absolute atomic E-state index is 13.2. The van der Waals surface area contributed by atoms with E-state index in [4.69, 9.17) is 5.73 Å². The molecule has 1 aromatic heterocycles. The molecule has 0 aliphatic heterocycles. The van der Waals surface area contributed by atoms with Crippen LogP contribution in [0.15, 0.2) is 60.8 Å². The van der Waals surface area contributed by atoms with E-state index in [2.05, 4.69) is 33.6 Å². The van der Waals surface area contributed by atoms with Gasteiger partial charge in [-0.3, -0.25) is 14.4 Å². The first-order chi connectivity index (χ1) is 18.6. The molecule has 1 heterocycles. The predicted molar refractivity (Wildman–Crippen MR) is 149 cm³/mol. The number of hydrogen-bond acceptors (Lipinski definition) is 7. The van der Waals surface area contributed by atoms with Crippen molar-refractivity contribution in [2.75, 3.05) is 5.75 Å². The van der Waals surface area contributed by atoms with Crippen molar-refractivity contribution in [1.29, 1.82) is 0 Å². The molecule has 5 atom stereocenters. The van der Waals surface area contributed by atoms with Crippen LogP contribution in [0.4, 0.5) is 0 Å². The first-order valence-electron chi connectivity index (χ1n) is 12.4. The smallest absolute Gasteiger partial charge is 0.326 e. The zero-order valence-corrected chi connectivity index (χ0v) is 22.2. The zero-order chi connectivity index (χ0) is 28.5. The van der Waals surface area contributed by atoms with Gasteiger partial charge in [-0.1, -0.05) is 48.5 Å². The molecule has 0 saturated carbocycles. The van der Waals surface area contributed by atoms with E-state index in [1.807, 2.05) is 24.3 Å². The molecule has 0 bridgehead atoms. The third kappa shape index (κ3) is 8.06. The summed E-state index contributed by atoms with van der Waals surface area (Å²) in [5, 5.41) is 28.4. The molecule has 0 fully saturated rings. The number of aliphatic hydroxyl groups is 1. The van der Waals surface area contributed by atoms with Gasteiger partial charge in [-0.25, -0.2) is 4.79 Å². The third-order valence-corrected chi connectivity index (χ3v) is 6.62. The lowest BCUT2D eigenvalue weighted by atomic mass is 10.0. The molecule has 12 heteroatoms. The maximum atomic E-state index is 13.2. The van der Waals surface area contributed by atoms with E-state index >= 15 is 0 Å². The standard InChI is InChI=1S/C27H33N5O6S/c1-15(33)23(26(36)31-22(27(37)38)12-17-13-29-20-10-6-5-9-18(17)20)32-25(35)21(30-24(34)19(28)14-39)11-16-7-3-2-4-8-16/h2-10,13,15,19,21-23,29,33,39H,11-12,14,28H2,1H3,(H,30,34)(H,31,36)(H,32,35)(H,37,38). The van der Waals surface area contributed by atoms with Gasteiger partial charge in [0, 0.05) is 35.7 Å². The number of aliphatic carboxylic acids is 1. The molecule has 0 spiro atoms. The van der Waals surface area contributed by atoms with Crippen molar-refractivity contribution in [2.45, 2.75) is 50.0 Å². The normalized spacial score (nSPS) is 15.0. The Morgan fingerprint density at radius 3 is 2.18 bits per heavy atom. The Labute approximate surface area is 231 Å². The van der Waals surface area contributed by atoms with Crippen LogP contribution in [-0.2, 0) is 32.0 Å². The second-order valence-electron chi connectivity index (χ2n) is 9.23. The Balaban J connectivity index is 1.75. The predicted octanol–water partition coefficient (Wildman–Crippen LogP) is 0.130. The van der Waals surface area contributed by atoms with E-state index in [0.717, 1.165) is 16.5 Å². The van der Waals surface area contributed by atoms with Crippen LogP contribution in [0.1, 0.15) is 18.1 Å². The zero-order valence-electron chi connectivity index (χ0n) is 21.3. The molecule has 0 aliphatic rings. The monoisotopic (exact) mass is 555 g/mol. The lowest BCUT2D eigenvalue weighted by molar-refractivity contribution is -0.143. The number of nitrogens with one attached hydrogen (secondary N) is 4. The number of benzene rings is 2. The number of para-hydroxylation sites is 1. The van der Waals surface area contributed by atoms with Crippen LogP contribution in [0, 0.1) is 0 Å². The largest absolute Gasteiger partial charge is 0.480 e. The van der Waals surface area contributed by atoms with Crippen LogP contribution >= 0.6 is 12.6 Å². The van der Waals surface area contributed by atoms with E-state index in [-0.39, 0.29) is 18.6 Å². The second kappa shape index (κ2) is 13.8. The highest BCUT2D eigenvalue weighted by atomic mass is 32.1. The second-order valence-corrected chi connectivity index (χ2v) is 9.60. The van der Waals surface area contributed by atoms with Gasteiger partial charge in [-0.15, -0.1) is 0 Å². The van der Waals surface area contributed by atoms with Crippen LogP contribution in [-0.4, -0.2) is 74.9 Å². The van der Waals surface area contributed by atoms with Gasteiger partial charge >= 0.3 is 5.97 Å². The van der Waals surface area contributed by atoms with E-state index < -0.39 is 54.0 Å². The van der Waals surface area contributed by atoms with E-state index in [1.165, 1.54) is 6.92 Å². The molecule has 3 rings (SSSR count). The lowest BCUT2D eigenvalue weighted by Crippen LogP contribution is -2.60. The summed E-state index contributed by atoms with van der Waals surface area (Å²) in [6.45, 7) is 1.29. The summed E-state index contributed by atoms with van der Waals surface area (Å²) in [5.74, 6) is -3.47. The number of amides is 3. The molecule has 11 nitrogen and oxygen atoms in total. The minimum Gasteiger partial charge on any atom is -0.480 e. The number of thiol groups is 1. The summed E-state index contributed by atoms with van der Waals surface area (Å²) in [7, 11) is 0. The van der Waals surface area contributed by atoms with Gasteiger partial charge in [0.2, 0.25) is 17.7 Å². The summed E-state index contributed by atoms with van der Waals surface area (Å²) in [6, 6.07) is 11.3. The lowest BCUT2D eigenvalue weighted by Gasteiger charge is -2.26. The molecule has 5 unspecified atom stereocenters. The molecular formula is C27H33N5O6S. The van der Waals surface area contributed by atoms with Gasteiger partial charge in [0.1, 0.15) is 18.1 Å². The molecule has 8 N–H and O–H groups in total. The SMILES string of the molecule is CC(O)C(NC(=O)C(Cc1ccccc1)NC(=O)C(N)CS)C(=O)NC(Cc1c[nH]c2ccccc12)C(=O)O. The number of nitrogens with two attached hydrogens (primary N) is 1. The number of hydrogen-bond donors (Lipinski definition) is 8. The number of carboxylic acid groups (broad SMARTS) is 1. The van der Waals surface area contributed by atoms with E-state index in [9.17, 15) is 29.4 Å². The summed E-state index contributed by atoms with van der Waals surface area (Å²) in [5.41, 5.74) is 7.99. The molecule has 208 valence electrons. The van der Waals surface area contributed by atoms with Crippen molar-refractivity contribution in [1.82, 2.24) is 20.9 Å². The molecule has 3 aromatic rings. The summed E-state index contributed by atoms with van der Waals surface area (Å²) in [4.78, 5) is 53.8. The molecule has 39 heavy (non-hydrogen) atoms. The number of aromatic nitrogens is 1. The van der Waals surface area contributed by atoms with Crippen molar-refractivity contribution in [3.05, 3.63) is 71.9 Å². The fourth-order valence-electron chi connectivity index (χ4n) is 4.06. The minimum absolute atomic E-state index is 0.0279. The van der Waals surface area contributed by atoms with Gasteiger partial charge in [-0.2, -0.15) is 12.6 Å². The fourth-order valence-corrected chi connectivity index (χ4v) is 4.23. The number of carbonyl (C=O) groups excluding carboxylic acids is 3. The van der Waals surface area contributed by atoms with Crippen molar-refractivity contribution in [3.8, 4) is 0 Å². The van der Waals surface area contributed by atoms with Crippen LogP contribution in [0.25, 0.3) is 10.9 Å². The third-order valence-electron chi connectivity index (χ3n) is 6.23. The number of H-pyrrole nitrogens is 1. The average Bonchev–Trinajstić information content (AvgIpc) is 3.33. The summed E-state index contributed by atoms with van der Waals surface area (Å²) >= 11 is 4.01. The molecule has 2 aromatic carbocycles. The number of carbonyl (C=O) groups is 4. The van der Waals surface area contributed by atoms with Crippen molar-refractivity contribution in [3.63, 3.8) is 0 Å². The van der Waals surface area contributed by atoms with Crippen LogP contribution in [0.5, 0.6) is 0 Å². The van der Waals surface area contributed by atoms with Crippen LogP contribution in [0.2, 0.25) is 0 Å². The van der Waals surface area contributed by atoms with Crippen molar-refractivity contribution in [2.24, 2.45) is 5.73 Å². The molecular weight excluding hydrogens is 522 g/mol. The number of aromatic amines is 1. The first kappa shape index (κ1) is 29.7. The van der Waals surface area contributed by atoms with Gasteiger partial charge in [0.15, 0.2) is 0 Å². The van der Waals surface area contributed by atoms with Crippen molar-refractivity contribution >= 4 is 47.2 Å². The Morgan fingerprint density at radius 1 is 0.897 bits per heavy atom. The molecule has 0 aliphatic carbocycles. The number of rotatable bonds is 13. The van der Waals surface area contributed by atoms with Gasteiger partial charge in [0.25, 0.3) is 0 Å². The summed E-state index contributed by atoms with van der Waals surface area (Å²) in [6.07, 6.45) is 0.362. The molecule has 0 saturated heterocycles. The average molecular weight is 556 g/mol. The summed E-state index contributed by atoms with van der Waals surface area (Å²) < 4.78 is 0. The van der Waals surface area contributed by atoms with Crippen molar-refractivity contribution < 1.29 is 29.4 Å². The Bertz CT molecular complexity index is 1300.